The Balaban J connectivity index is 1.25. The quantitative estimate of drug-likeness (QED) is 0.385. The van der Waals surface area contributed by atoms with Gasteiger partial charge in [-0.25, -0.2) is 4.68 Å². The molecule has 0 bridgehead atoms. The van der Waals surface area contributed by atoms with Crippen molar-refractivity contribution in [2.75, 3.05) is 11.1 Å². The van der Waals surface area contributed by atoms with Gasteiger partial charge in [0.25, 0.3) is 0 Å². The molecule has 2 aromatic heterocycles. The largest absolute Gasteiger partial charge is 0.310 e. The van der Waals surface area contributed by atoms with E-state index in [0.717, 1.165) is 53.6 Å². The summed E-state index contributed by atoms with van der Waals surface area (Å²) < 4.78 is 3.96. The average molecular weight is 471 g/mol. The minimum atomic E-state index is -0.0921. The van der Waals surface area contributed by atoms with Crippen molar-refractivity contribution in [3.8, 4) is 16.9 Å². The molecular formula is C26H26N6OS. The molecule has 0 spiro atoms. The van der Waals surface area contributed by atoms with Gasteiger partial charge in [-0.1, -0.05) is 42.1 Å². The van der Waals surface area contributed by atoms with E-state index >= 15 is 0 Å². The normalized spacial score (nSPS) is 14.9. The Labute approximate surface area is 202 Å². The fourth-order valence-corrected chi connectivity index (χ4v) is 5.47. The van der Waals surface area contributed by atoms with Crippen LogP contribution >= 0.6 is 11.8 Å². The molecule has 0 saturated heterocycles. The van der Waals surface area contributed by atoms with Crippen LogP contribution in [0, 0.1) is 6.92 Å². The standard InChI is InChI=1S/C26H26N6OS/c1-17-28-29-26(31(17)21-12-13-21)34-16-25(33)27-24-15-23(30-32(24)22-8-3-2-4-9-22)20-11-10-18-6-5-7-19(18)14-20/h2-4,8-11,14-15,21H,5-7,12-13,16H2,1H3,(H,27,33). The molecule has 0 radical (unpaired) electrons. The molecule has 0 unspecified atom stereocenters. The topological polar surface area (TPSA) is 77.6 Å². The number of para-hydroxylation sites is 1. The van der Waals surface area contributed by atoms with Gasteiger partial charge in [0.05, 0.1) is 17.1 Å². The van der Waals surface area contributed by atoms with E-state index in [1.165, 1.54) is 29.3 Å². The van der Waals surface area contributed by atoms with Gasteiger partial charge in [0.1, 0.15) is 11.6 Å². The first-order valence-corrected chi connectivity index (χ1v) is 12.8. The third-order valence-corrected chi connectivity index (χ3v) is 7.39. The molecule has 1 N–H and O–H groups in total. The second kappa shape index (κ2) is 8.76. The molecule has 172 valence electrons. The predicted molar refractivity (Wildman–Crippen MR) is 133 cm³/mol. The maximum atomic E-state index is 12.9. The summed E-state index contributed by atoms with van der Waals surface area (Å²) >= 11 is 1.43. The number of aromatic nitrogens is 5. The maximum Gasteiger partial charge on any atom is 0.236 e. The van der Waals surface area contributed by atoms with Crippen molar-refractivity contribution in [1.82, 2.24) is 24.5 Å². The third-order valence-electron chi connectivity index (χ3n) is 6.45. The number of thioether (sulfide) groups is 1. The molecule has 7 nitrogen and oxygen atoms in total. The number of fused-ring (bicyclic) bond motifs is 1. The van der Waals surface area contributed by atoms with Crippen LogP contribution in [0.1, 0.15) is 42.3 Å². The molecule has 8 heteroatoms. The lowest BCUT2D eigenvalue weighted by molar-refractivity contribution is -0.113. The van der Waals surface area contributed by atoms with Crippen LogP contribution in [0.15, 0.2) is 59.8 Å². The molecule has 1 saturated carbocycles. The van der Waals surface area contributed by atoms with Crippen molar-refractivity contribution in [3.05, 3.63) is 71.5 Å². The Kier molecular flexibility index (Phi) is 5.45. The second-order valence-corrected chi connectivity index (χ2v) is 9.91. The van der Waals surface area contributed by atoms with Gasteiger partial charge in [0.15, 0.2) is 5.16 Å². The fourth-order valence-electron chi connectivity index (χ4n) is 4.62. The van der Waals surface area contributed by atoms with Gasteiger partial charge in [-0.15, -0.1) is 10.2 Å². The number of nitrogens with one attached hydrogen (secondary N) is 1. The highest BCUT2D eigenvalue weighted by Crippen LogP contribution is 2.38. The minimum Gasteiger partial charge on any atom is -0.310 e. The molecule has 0 aliphatic heterocycles. The van der Waals surface area contributed by atoms with Gasteiger partial charge in [-0.3, -0.25) is 4.79 Å². The first-order valence-electron chi connectivity index (χ1n) is 11.8. The zero-order valence-corrected chi connectivity index (χ0v) is 19.9. The van der Waals surface area contributed by atoms with E-state index in [4.69, 9.17) is 5.10 Å². The van der Waals surface area contributed by atoms with Crippen LogP contribution in [0.4, 0.5) is 5.82 Å². The summed E-state index contributed by atoms with van der Waals surface area (Å²) in [5.41, 5.74) is 5.68. The molecular weight excluding hydrogens is 444 g/mol. The SMILES string of the molecule is Cc1nnc(SCC(=O)Nc2cc(-c3ccc4c(c3)CCC4)nn2-c2ccccc2)n1C1CC1. The molecule has 2 aliphatic carbocycles. The Morgan fingerprint density at radius 3 is 2.71 bits per heavy atom. The number of nitrogens with zero attached hydrogens (tertiary/aromatic N) is 5. The Bertz CT molecular complexity index is 1360. The number of carbonyl (C=O) groups is 1. The number of hydrogen-bond acceptors (Lipinski definition) is 5. The molecule has 0 atom stereocenters. The lowest BCUT2D eigenvalue weighted by Gasteiger charge is -2.09. The van der Waals surface area contributed by atoms with Crippen LogP contribution in [-0.4, -0.2) is 36.2 Å². The van der Waals surface area contributed by atoms with Crippen molar-refractivity contribution >= 4 is 23.5 Å². The summed E-state index contributed by atoms with van der Waals surface area (Å²) in [6, 6.07) is 18.9. The highest BCUT2D eigenvalue weighted by Gasteiger charge is 2.28. The minimum absolute atomic E-state index is 0.0921. The van der Waals surface area contributed by atoms with E-state index in [0.29, 0.717) is 11.9 Å². The number of aryl methyl sites for hydroxylation is 3. The molecule has 2 heterocycles. The van der Waals surface area contributed by atoms with Crippen molar-refractivity contribution in [1.29, 1.82) is 0 Å². The summed E-state index contributed by atoms with van der Waals surface area (Å²) in [6.45, 7) is 1.97. The summed E-state index contributed by atoms with van der Waals surface area (Å²) in [7, 11) is 0. The number of hydrogen-bond donors (Lipinski definition) is 1. The fraction of sp³-hybridized carbons (Fsp3) is 0.308. The molecule has 34 heavy (non-hydrogen) atoms. The van der Waals surface area contributed by atoms with E-state index in [9.17, 15) is 4.79 Å². The highest BCUT2D eigenvalue weighted by molar-refractivity contribution is 7.99. The van der Waals surface area contributed by atoms with Crippen LogP contribution in [0.3, 0.4) is 0 Å². The van der Waals surface area contributed by atoms with Gasteiger partial charge in [-0.2, -0.15) is 5.10 Å². The Morgan fingerprint density at radius 2 is 1.88 bits per heavy atom. The number of carbonyl (C=O) groups excluding carboxylic acids is 1. The van der Waals surface area contributed by atoms with Gasteiger partial charge in [0, 0.05) is 17.7 Å². The monoisotopic (exact) mass is 470 g/mol. The lowest BCUT2D eigenvalue weighted by atomic mass is 10.0. The van der Waals surface area contributed by atoms with E-state index < -0.39 is 0 Å². The summed E-state index contributed by atoms with van der Waals surface area (Å²) in [5.74, 6) is 1.74. The highest BCUT2D eigenvalue weighted by atomic mass is 32.2. The van der Waals surface area contributed by atoms with E-state index in [2.05, 4.69) is 38.3 Å². The number of benzene rings is 2. The van der Waals surface area contributed by atoms with Crippen molar-refractivity contribution in [2.24, 2.45) is 0 Å². The van der Waals surface area contributed by atoms with Crippen LogP contribution < -0.4 is 5.32 Å². The predicted octanol–water partition coefficient (Wildman–Crippen LogP) is 4.99. The zero-order valence-electron chi connectivity index (χ0n) is 19.1. The Hall–Kier alpha value is -3.39. The smallest absolute Gasteiger partial charge is 0.236 e. The van der Waals surface area contributed by atoms with E-state index in [-0.39, 0.29) is 11.7 Å². The number of amides is 1. The van der Waals surface area contributed by atoms with E-state index in [1.807, 2.05) is 48.0 Å². The molecule has 4 aromatic rings. The van der Waals surface area contributed by atoms with Gasteiger partial charge >= 0.3 is 0 Å². The van der Waals surface area contributed by atoms with Gasteiger partial charge in [0.2, 0.25) is 5.91 Å². The van der Waals surface area contributed by atoms with E-state index in [1.54, 1.807) is 0 Å². The van der Waals surface area contributed by atoms with Crippen LogP contribution in [0.2, 0.25) is 0 Å². The number of anilines is 1. The lowest BCUT2D eigenvalue weighted by Crippen LogP contribution is -2.17. The van der Waals surface area contributed by atoms with Crippen molar-refractivity contribution < 1.29 is 4.79 Å². The van der Waals surface area contributed by atoms with Crippen LogP contribution in [0.5, 0.6) is 0 Å². The first kappa shape index (κ1) is 21.2. The Morgan fingerprint density at radius 1 is 1.06 bits per heavy atom. The average Bonchev–Trinajstić information content (AvgIpc) is 3.26. The van der Waals surface area contributed by atoms with Gasteiger partial charge in [-0.05, 0) is 68.4 Å². The van der Waals surface area contributed by atoms with Crippen molar-refractivity contribution in [2.45, 2.75) is 50.2 Å². The van der Waals surface area contributed by atoms with Gasteiger partial charge < -0.3 is 9.88 Å². The molecule has 6 rings (SSSR count). The molecule has 1 fully saturated rings. The molecule has 1 amide bonds. The molecule has 2 aliphatic rings. The van der Waals surface area contributed by atoms with Crippen LogP contribution in [0.25, 0.3) is 16.9 Å². The molecule has 2 aromatic carbocycles. The summed E-state index contributed by atoms with van der Waals surface area (Å²) in [6.07, 6.45) is 5.79. The second-order valence-electron chi connectivity index (χ2n) is 8.97. The third kappa shape index (κ3) is 4.14. The van der Waals surface area contributed by atoms with Crippen molar-refractivity contribution in [3.63, 3.8) is 0 Å². The number of rotatable bonds is 7. The summed E-state index contributed by atoms with van der Waals surface area (Å²) in [4.78, 5) is 12.9. The first-order chi connectivity index (χ1) is 16.7. The maximum absolute atomic E-state index is 12.9. The van der Waals surface area contributed by atoms with Crippen LogP contribution in [-0.2, 0) is 17.6 Å². The summed E-state index contributed by atoms with van der Waals surface area (Å²) in [5, 5.41) is 17.2. The zero-order chi connectivity index (χ0) is 23.1.